The number of carbonyl (C=O) groups excluding carboxylic acids is 2. The summed E-state index contributed by atoms with van der Waals surface area (Å²) in [6, 6.07) is 0.622. The Bertz CT molecular complexity index is 506. The van der Waals surface area contributed by atoms with Gasteiger partial charge >= 0.3 is 18.3 Å². The highest BCUT2D eigenvalue weighted by atomic mass is 19.4. The molecule has 0 saturated carbocycles. The fraction of sp³-hybridized carbons (Fsp3) is 0.200. The van der Waals surface area contributed by atoms with Crippen molar-refractivity contribution < 1.29 is 35.9 Å². The Morgan fingerprint density at radius 3 is 2.05 bits per heavy atom. The second kappa shape index (κ2) is 4.90. The van der Waals surface area contributed by atoms with Crippen molar-refractivity contribution in [3.63, 3.8) is 0 Å². The van der Waals surface area contributed by atoms with Gasteiger partial charge in [0.2, 0.25) is 0 Å². The minimum absolute atomic E-state index is 0.152. The molecule has 103 valence electrons. The molecule has 1 rings (SSSR count). The number of hydrogen-bond acceptors (Lipinski definition) is 2. The number of hydrogen-bond donors (Lipinski definition) is 1. The highest BCUT2D eigenvalue weighted by molar-refractivity contribution is 6.29. The maximum atomic E-state index is 12.6. The molecule has 0 unspecified atom stereocenters. The fourth-order valence-electron chi connectivity index (χ4n) is 1.21. The Morgan fingerprint density at radius 1 is 1.05 bits per heavy atom. The van der Waals surface area contributed by atoms with Crippen LogP contribution >= 0.6 is 0 Å². The third kappa shape index (κ3) is 3.70. The first-order valence-electron chi connectivity index (χ1n) is 4.53. The smallest absolute Gasteiger partial charge is 0.318 e. The lowest BCUT2D eigenvalue weighted by molar-refractivity contribution is -0.142. The van der Waals surface area contributed by atoms with E-state index in [1.807, 2.05) is 0 Å². The van der Waals surface area contributed by atoms with E-state index in [-0.39, 0.29) is 6.07 Å². The first kappa shape index (κ1) is 15.0. The van der Waals surface area contributed by atoms with Gasteiger partial charge in [-0.2, -0.15) is 26.3 Å². The van der Waals surface area contributed by atoms with E-state index in [4.69, 9.17) is 0 Å². The van der Waals surface area contributed by atoms with Crippen LogP contribution in [0.25, 0.3) is 0 Å². The molecule has 1 radical (unpaired) electrons. The molecule has 1 aromatic carbocycles. The van der Waals surface area contributed by atoms with Crippen LogP contribution in [-0.4, -0.2) is 12.2 Å². The Hall–Kier alpha value is -2.06. The fourth-order valence-corrected chi connectivity index (χ4v) is 1.21. The van der Waals surface area contributed by atoms with Crippen molar-refractivity contribution in [3.8, 4) is 0 Å². The van der Waals surface area contributed by atoms with Gasteiger partial charge in [-0.25, -0.2) is 0 Å². The maximum absolute atomic E-state index is 12.6. The Morgan fingerprint density at radius 2 is 1.63 bits per heavy atom. The van der Waals surface area contributed by atoms with Gasteiger partial charge in [-0.15, -0.1) is 0 Å². The summed E-state index contributed by atoms with van der Waals surface area (Å²) in [6.45, 7) is 0. The van der Waals surface area contributed by atoms with Crippen LogP contribution < -0.4 is 5.32 Å². The van der Waals surface area contributed by atoms with Crippen LogP contribution in [0.5, 0.6) is 0 Å². The van der Waals surface area contributed by atoms with Gasteiger partial charge in [0, 0.05) is 0 Å². The van der Waals surface area contributed by atoms with Gasteiger partial charge in [0.15, 0.2) is 0 Å². The molecule has 0 aromatic heterocycles. The Labute approximate surface area is 102 Å². The van der Waals surface area contributed by atoms with E-state index < -0.39 is 35.1 Å². The molecule has 19 heavy (non-hydrogen) atoms. The van der Waals surface area contributed by atoms with E-state index in [0.29, 0.717) is 12.1 Å². The second-order valence-electron chi connectivity index (χ2n) is 3.31. The number of carbonyl (C=O) groups is 1. The highest BCUT2D eigenvalue weighted by Gasteiger charge is 2.38. The number of anilines is 1. The number of amides is 1. The molecule has 0 fully saturated rings. The van der Waals surface area contributed by atoms with E-state index >= 15 is 0 Å². The Balaban J connectivity index is 3.33. The summed E-state index contributed by atoms with van der Waals surface area (Å²) in [6.07, 6.45) is -9.33. The van der Waals surface area contributed by atoms with Crippen molar-refractivity contribution in [2.24, 2.45) is 0 Å². The summed E-state index contributed by atoms with van der Waals surface area (Å²) in [7, 11) is 0. The number of nitrogens with one attached hydrogen (secondary N) is 1. The summed E-state index contributed by atoms with van der Waals surface area (Å²) in [5, 5.41) is 1.50. The monoisotopic (exact) mass is 284 g/mol. The van der Waals surface area contributed by atoms with Crippen molar-refractivity contribution >= 4 is 17.9 Å². The number of rotatable bonds is 2. The van der Waals surface area contributed by atoms with Gasteiger partial charge in [0.25, 0.3) is 6.29 Å². The van der Waals surface area contributed by atoms with Gasteiger partial charge in [-0.3, -0.25) is 9.59 Å². The molecule has 0 aliphatic rings. The van der Waals surface area contributed by atoms with Crippen LogP contribution in [0.1, 0.15) is 11.1 Å². The van der Waals surface area contributed by atoms with Crippen LogP contribution in [0, 0.1) is 0 Å². The molecule has 9 heteroatoms. The SMILES string of the molecule is O=[C]C(=O)Nc1ccc(C(F)(F)F)cc1C(F)(F)F. The molecule has 1 N–H and O–H groups in total. The predicted octanol–water partition coefficient (Wildman–Crippen LogP) is 2.77. The normalized spacial score (nSPS) is 12.1. The second-order valence-corrected chi connectivity index (χ2v) is 3.31. The highest BCUT2D eigenvalue weighted by Crippen LogP contribution is 2.39. The summed E-state index contributed by atoms with van der Waals surface area (Å²) in [4.78, 5) is 20.5. The van der Waals surface area contributed by atoms with Gasteiger partial charge in [-0.1, -0.05) is 0 Å². The van der Waals surface area contributed by atoms with Crippen LogP contribution in [-0.2, 0) is 21.9 Å². The first-order valence-corrected chi connectivity index (χ1v) is 4.53. The summed E-state index contributed by atoms with van der Waals surface area (Å²) >= 11 is 0. The molecule has 0 saturated heterocycles. The average Bonchev–Trinajstić information content (AvgIpc) is 2.26. The summed E-state index contributed by atoms with van der Waals surface area (Å²) < 4.78 is 74.6. The lowest BCUT2D eigenvalue weighted by atomic mass is 10.1. The van der Waals surface area contributed by atoms with Gasteiger partial charge in [0.1, 0.15) is 0 Å². The van der Waals surface area contributed by atoms with Crippen LogP contribution in [0.4, 0.5) is 32.0 Å². The first-order chi connectivity index (χ1) is 8.55. The third-order valence-electron chi connectivity index (χ3n) is 1.99. The standard InChI is InChI=1S/C10H4F6NO2/c11-9(12,13)5-1-2-7(17-8(19)4-18)6(3-5)10(14,15)16/h1-3H,(H,17,19). The average molecular weight is 284 g/mol. The van der Waals surface area contributed by atoms with Crippen molar-refractivity contribution in [2.75, 3.05) is 5.32 Å². The summed E-state index contributed by atoms with van der Waals surface area (Å²) in [5.74, 6) is -1.52. The van der Waals surface area contributed by atoms with Crippen LogP contribution in [0.3, 0.4) is 0 Å². The largest absolute Gasteiger partial charge is 0.418 e. The Kier molecular flexibility index (Phi) is 3.87. The van der Waals surface area contributed by atoms with Crippen molar-refractivity contribution in [2.45, 2.75) is 12.4 Å². The van der Waals surface area contributed by atoms with Crippen LogP contribution in [0.2, 0.25) is 0 Å². The number of alkyl halides is 6. The maximum Gasteiger partial charge on any atom is 0.418 e. The van der Waals surface area contributed by atoms with Gasteiger partial charge in [-0.05, 0) is 18.2 Å². The zero-order chi connectivity index (χ0) is 14.8. The molecule has 0 aliphatic heterocycles. The van der Waals surface area contributed by atoms with E-state index in [9.17, 15) is 35.9 Å². The van der Waals surface area contributed by atoms with Crippen molar-refractivity contribution in [1.29, 1.82) is 0 Å². The lowest BCUT2D eigenvalue weighted by Crippen LogP contribution is -2.18. The van der Waals surface area contributed by atoms with E-state index in [1.54, 1.807) is 0 Å². The zero-order valence-corrected chi connectivity index (χ0v) is 8.82. The van der Waals surface area contributed by atoms with Crippen molar-refractivity contribution in [3.05, 3.63) is 29.3 Å². The summed E-state index contributed by atoms with van der Waals surface area (Å²) in [5.41, 5.74) is -4.17. The van der Waals surface area contributed by atoms with E-state index in [1.165, 1.54) is 5.32 Å². The number of halogens is 6. The molecule has 0 bridgehead atoms. The van der Waals surface area contributed by atoms with Gasteiger partial charge in [0.05, 0.1) is 16.8 Å². The lowest BCUT2D eigenvalue weighted by Gasteiger charge is -2.15. The molecule has 0 spiro atoms. The quantitative estimate of drug-likeness (QED) is 0.670. The number of benzene rings is 1. The molecular weight excluding hydrogens is 280 g/mol. The molecular formula is C10H4F6NO2. The van der Waals surface area contributed by atoms with Gasteiger partial charge < -0.3 is 5.32 Å². The minimum Gasteiger partial charge on any atom is -0.318 e. The zero-order valence-electron chi connectivity index (χ0n) is 8.82. The molecule has 0 atom stereocenters. The molecule has 1 aromatic rings. The van der Waals surface area contributed by atoms with E-state index in [0.717, 1.165) is 6.29 Å². The predicted molar refractivity (Wildman–Crippen MR) is 50.8 cm³/mol. The molecule has 0 aliphatic carbocycles. The molecule has 1 amide bonds. The molecule has 3 nitrogen and oxygen atoms in total. The van der Waals surface area contributed by atoms with Crippen molar-refractivity contribution in [1.82, 2.24) is 0 Å². The third-order valence-corrected chi connectivity index (χ3v) is 1.99. The van der Waals surface area contributed by atoms with E-state index in [2.05, 4.69) is 0 Å². The van der Waals surface area contributed by atoms with Crippen LogP contribution in [0.15, 0.2) is 18.2 Å². The minimum atomic E-state index is -5.12. The molecule has 0 heterocycles. The topological polar surface area (TPSA) is 46.2 Å².